The normalized spacial score (nSPS) is 12.6. The predicted octanol–water partition coefficient (Wildman–Crippen LogP) is 3.63. The number of carbonyl (C=O) groups is 1. The number of hydrogen-bond donors (Lipinski definition) is 1. The maximum Gasteiger partial charge on any atom is 0.262 e. The summed E-state index contributed by atoms with van der Waals surface area (Å²) in [6.45, 7) is 0.979. The Morgan fingerprint density at radius 3 is 2.60 bits per heavy atom. The second kappa shape index (κ2) is 6.73. The molecule has 1 amide bonds. The third-order valence-corrected chi connectivity index (χ3v) is 3.92. The van der Waals surface area contributed by atoms with Crippen LogP contribution in [0.1, 0.15) is 0 Å². The van der Waals surface area contributed by atoms with E-state index in [1.807, 2.05) is 42.5 Å². The molecule has 126 valence electrons. The van der Waals surface area contributed by atoms with Gasteiger partial charge in [0, 0.05) is 11.8 Å². The Morgan fingerprint density at radius 2 is 1.72 bits per heavy atom. The summed E-state index contributed by atoms with van der Waals surface area (Å²) in [5.74, 6) is 1.68. The Labute approximate surface area is 145 Å². The van der Waals surface area contributed by atoms with Crippen molar-refractivity contribution in [2.24, 2.45) is 0 Å². The molecule has 0 spiro atoms. The highest BCUT2D eigenvalue weighted by atomic mass is 16.6. The van der Waals surface area contributed by atoms with Crippen molar-refractivity contribution in [1.29, 1.82) is 0 Å². The SMILES string of the molecule is O=C(COc1ccc2c(c1)OCCO2)Nc1ccc2ccccc2c1. The molecule has 0 aromatic heterocycles. The Hall–Kier alpha value is -3.21. The molecule has 5 heteroatoms. The summed E-state index contributed by atoms with van der Waals surface area (Å²) in [6.07, 6.45) is 0. The van der Waals surface area contributed by atoms with Gasteiger partial charge in [0.2, 0.25) is 0 Å². The molecule has 1 aliphatic heterocycles. The van der Waals surface area contributed by atoms with Crippen LogP contribution >= 0.6 is 0 Å². The lowest BCUT2D eigenvalue weighted by molar-refractivity contribution is -0.118. The van der Waals surface area contributed by atoms with Gasteiger partial charge in [-0.3, -0.25) is 4.79 Å². The zero-order valence-electron chi connectivity index (χ0n) is 13.5. The molecule has 4 rings (SSSR count). The average molecular weight is 335 g/mol. The van der Waals surface area contributed by atoms with Gasteiger partial charge in [-0.2, -0.15) is 0 Å². The molecule has 0 aliphatic carbocycles. The van der Waals surface area contributed by atoms with Crippen LogP contribution in [0.25, 0.3) is 10.8 Å². The van der Waals surface area contributed by atoms with E-state index in [0.717, 1.165) is 16.5 Å². The van der Waals surface area contributed by atoms with Crippen molar-refractivity contribution in [2.75, 3.05) is 25.1 Å². The summed E-state index contributed by atoms with van der Waals surface area (Å²) in [6, 6.07) is 19.1. The molecule has 0 fully saturated rings. The molecule has 0 unspecified atom stereocenters. The zero-order chi connectivity index (χ0) is 17.1. The van der Waals surface area contributed by atoms with Gasteiger partial charge in [0.1, 0.15) is 19.0 Å². The molecular weight excluding hydrogens is 318 g/mol. The van der Waals surface area contributed by atoms with Crippen LogP contribution in [0.4, 0.5) is 5.69 Å². The van der Waals surface area contributed by atoms with Crippen LogP contribution in [0.15, 0.2) is 60.7 Å². The number of ether oxygens (including phenoxy) is 3. The van der Waals surface area contributed by atoms with Crippen LogP contribution < -0.4 is 19.5 Å². The van der Waals surface area contributed by atoms with Gasteiger partial charge < -0.3 is 19.5 Å². The van der Waals surface area contributed by atoms with Crippen molar-refractivity contribution >= 4 is 22.4 Å². The first kappa shape index (κ1) is 15.3. The molecule has 3 aromatic rings. The summed E-state index contributed by atoms with van der Waals surface area (Å²) in [7, 11) is 0. The molecule has 1 N–H and O–H groups in total. The van der Waals surface area contributed by atoms with E-state index in [9.17, 15) is 4.79 Å². The number of benzene rings is 3. The van der Waals surface area contributed by atoms with Crippen molar-refractivity contribution in [3.63, 3.8) is 0 Å². The van der Waals surface area contributed by atoms with E-state index >= 15 is 0 Å². The van der Waals surface area contributed by atoms with Crippen molar-refractivity contribution in [3.05, 3.63) is 60.7 Å². The predicted molar refractivity (Wildman–Crippen MR) is 95.5 cm³/mol. The summed E-state index contributed by atoms with van der Waals surface area (Å²) in [4.78, 5) is 12.1. The molecule has 1 aliphatic rings. The van der Waals surface area contributed by atoms with Crippen LogP contribution in [0, 0.1) is 0 Å². The fourth-order valence-electron chi connectivity index (χ4n) is 2.73. The van der Waals surface area contributed by atoms with Gasteiger partial charge >= 0.3 is 0 Å². The van der Waals surface area contributed by atoms with E-state index in [4.69, 9.17) is 14.2 Å². The molecule has 1 heterocycles. The average Bonchev–Trinajstić information content (AvgIpc) is 2.66. The Bertz CT molecular complexity index is 922. The maximum absolute atomic E-state index is 12.1. The summed E-state index contributed by atoms with van der Waals surface area (Å²) >= 11 is 0. The van der Waals surface area contributed by atoms with Crippen molar-refractivity contribution < 1.29 is 19.0 Å². The fraction of sp³-hybridized carbons (Fsp3) is 0.150. The first-order valence-corrected chi connectivity index (χ1v) is 8.09. The minimum Gasteiger partial charge on any atom is -0.486 e. The zero-order valence-corrected chi connectivity index (χ0v) is 13.5. The largest absolute Gasteiger partial charge is 0.486 e. The second-order valence-corrected chi connectivity index (χ2v) is 5.70. The van der Waals surface area contributed by atoms with Gasteiger partial charge in [-0.25, -0.2) is 0 Å². The first-order valence-electron chi connectivity index (χ1n) is 8.09. The molecule has 0 bridgehead atoms. The lowest BCUT2D eigenvalue weighted by atomic mass is 10.1. The fourth-order valence-corrected chi connectivity index (χ4v) is 2.73. The number of rotatable bonds is 4. The third-order valence-electron chi connectivity index (χ3n) is 3.92. The van der Waals surface area contributed by atoms with E-state index in [-0.39, 0.29) is 12.5 Å². The minimum atomic E-state index is -0.217. The van der Waals surface area contributed by atoms with Gasteiger partial charge in [-0.15, -0.1) is 0 Å². The number of amides is 1. The standard InChI is InChI=1S/C20H17NO4/c22-20(21-16-6-5-14-3-1-2-4-15(14)11-16)13-25-17-7-8-18-19(12-17)24-10-9-23-18/h1-8,11-12H,9-10,13H2,(H,21,22). The quantitative estimate of drug-likeness (QED) is 0.791. The summed E-state index contributed by atoms with van der Waals surface area (Å²) < 4.78 is 16.5. The third kappa shape index (κ3) is 3.50. The minimum absolute atomic E-state index is 0.0769. The molecule has 3 aromatic carbocycles. The Morgan fingerprint density at radius 1 is 0.920 bits per heavy atom. The summed E-state index contributed by atoms with van der Waals surface area (Å²) in [5.41, 5.74) is 0.745. The molecule has 0 saturated carbocycles. The first-order chi connectivity index (χ1) is 12.3. The van der Waals surface area contributed by atoms with Crippen LogP contribution in [0.2, 0.25) is 0 Å². The highest BCUT2D eigenvalue weighted by Crippen LogP contribution is 2.33. The number of hydrogen-bond acceptors (Lipinski definition) is 4. The number of carbonyl (C=O) groups excluding carboxylic acids is 1. The lowest BCUT2D eigenvalue weighted by Gasteiger charge is -2.18. The number of anilines is 1. The summed E-state index contributed by atoms with van der Waals surface area (Å²) in [5, 5.41) is 5.06. The smallest absolute Gasteiger partial charge is 0.262 e. The van der Waals surface area contributed by atoms with E-state index in [1.165, 1.54) is 0 Å². The lowest BCUT2D eigenvalue weighted by Crippen LogP contribution is -2.20. The van der Waals surface area contributed by atoms with Gasteiger partial charge in [0.25, 0.3) is 5.91 Å². The highest BCUT2D eigenvalue weighted by Gasteiger charge is 2.13. The van der Waals surface area contributed by atoms with Gasteiger partial charge in [-0.1, -0.05) is 30.3 Å². The van der Waals surface area contributed by atoms with E-state index in [2.05, 4.69) is 5.32 Å². The van der Waals surface area contributed by atoms with Crippen molar-refractivity contribution in [1.82, 2.24) is 0 Å². The van der Waals surface area contributed by atoms with E-state index in [0.29, 0.717) is 30.5 Å². The molecular formula is C20H17NO4. The highest BCUT2D eigenvalue weighted by molar-refractivity contribution is 5.95. The van der Waals surface area contributed by atoms with Crippen molar-refractivity contribution in [2.45, 2.75) is 0 Å². The molecule has 25 heavy (non-hydrogen) atoms. The van der Waals surface area contributed by atoms with Crippen LogP contribution in [0.3, 0.4) is 0 Å². The second-order valence-electron chi connectivity index (χ2n) is 5.70. The number of nitrogens with one attached hydrogen (secondary N) is 1. The Balaban J connectivity index is 1.38. The van der Waals surface area contributed by atoms with Crippen LogP contribution in [-0.4, -0.2) is 25.7 Å². The maximum atomic E-state index is 12.1. The van der Waals surface area contributed by atoms with Gasteiger partial charge in [0.15, 0.2) is 18.1 Å². The number of fused-ring (bicyclic) bond motifs is 2. The van der Waals surface area contributed by atoms with Crippen molar-refractivity contribution in [3.8, 4) is 17.2 Å². The molecule has 0 atom stereocenters. The Kier molecular flexibility index (Phi) is 4.12. The molecule has 0 saturated heterocycles. The van der Waals surface area contributed by atoms with Crippen LogP contribution in [0.5, 0.6) is 17.2 Å². The molecule has 5 nitrogen and oxygen atoms in total. The van der Waals surface area contributed by atoms with Gasteiger partial charge in [0.05, 0.1) is 0 Å². The van der Waals surface area contributed by atoms with E-state index in [1.54, 1.807) is 18.2 Å². The monoisotopic (exact) mass is 335 g/mol. The van der Waals surface area contributed by atoms with Crippen LogP contribution in [-0.2, 0) is 4.79 Å². The van der Waals surface area contributed by atoms with Gasteiger partial charge in [-0.05, 0) is 35.0 Å². The van der Waals surface area contributed by atoms with E-state index < -0.39 is 0 Å². The molecule has 0 radical (unpaired) electrons. The topological polar surface area (TPSA) is 56.8 Å².